The molecule has 4 rings (SSSR count). The molecule has 4 fully saturated rings. The van der Waals surface area contributed by atoms with Crippen molar-refractivity contribution in [3.05, 3.63) is 0 Å². The van der Waals surface area contributed by atoms with Crippen LogP contribution in [0.3, 0.4) is 0 Å². The minimum atomic E-state index is -0.271. The molecule has 4 aliphatic rings. The fourth-order valence-corrected chi connectivity index (χ4v) is 4.60. The van der Waals surface area contributed by atoms with E-state index in [0.717, 1.165) is 38.5 Å². The third-order valence-electron chi connectivity index (χ3n) is 6.51. The number of epoxide rings is 1. The van der Waals surface area contributed by atoms with E-state index in [-0.39, 0.29) is 24.1 Å². The van der Waals surface area contributed by atoms with Crippen LogP contribution in [0.2, 0.25) is 0 Å². The smallest absolute Gasteiger partial charge is 0.160 e. The van der Waals surface area contributed by atoms with Crippen molar-refractivity contribution in [2.24, 2.45) is 17.3 Å². The first kappa shape index (κ1) is 19.1. The van der Waals surface area contributed by atoms with Crippen LogP contribution in [0, 0.1) is 17.3 Å². The molecule has 5 atom stereocenters. The van der Waals surface area contributed by atoms with Gasteiger partial charge in [-0.1, -0.05) is 6.92 Å². The van der Waals surface area contributed by atoms with E-state index in [9.17, 15) is 5.11 Å². The van der Waals surface area contributed by atoms with Gasteiger partial charge in [-0.2, -0.15) is 0 Å². The Morgan fingerprint density at radius 3 is 2.27 bits per heavy atom. The van der Waals surface area contributed by atoms with Crippen molar-refractivity contribution in [3.63, 3.8) is 0 Å². The van der Waals surface area contributed by atoms with Crippen LogP contribution in [-0.4, -0.2) is 62.4 Å². The molecule has 150 valence electrons. The van der Waals surface area contributed by atoms with E-state index in [4.69, 9.17) is 23.7 Å². The maximum Gasteiger partial charge on any atom is 0.160 e. The molecule has 0 aromatic heterocycles. The Morgan fingerprint density at radius 2 is 1.65 bits per heavy atom. The summed E-state index contributed by atoms with van der Waals surface area (Å²) in [6, 6.07) is 0. The highest BCUT2D eigenvalue weighted by Crippen LogP contribution is 2.43. The van der Waals surface area contributed by atoms with Crippen LogP contribution in [0.1, 0.15) is 52.4 Å². The van der Waals surface area contributed by atoms with Crippen molar-refractivity contribution in [1.29, 1.82) is 0 Å². The minimum Gasteiger partial charge on any atom is -0.393 e. The fraction of sp³-hybridized carbons (Fsp3) is 1.00. The van der Waals surface area contributed by atoms with Crippen LogP contribution in [0.25, 0.3) is 0 Å². The minimum absolute atomic E-state index is 0.0991. The Bertz CT molecular complexity index is 451. The van der Waals surface area contributed by atoms with E-state index in [2.05, 4.69) is 6.92 Å². The van der Waals surface area contributed by atoms with Gasteiger partial charge in [-0.25, -0.2) is 0 Å². The lowest BCUT2D eigenvalue weighted by Crippen LogP contribution is -2.54. The quantitative estimate of drug-likeness (QED) is 0.725. The molecule has 6 nitrogen and oxygen atoms in total. The summed E-state index contributed by atoms with van der Waals surface area (Å²) >= 11 is 0. The second-order valence-corrected chi connectivity index (χ2v) is 8.86. The lowest BCUT2D eigenvalue weighted by Gasteiger charge is -2.46. The van der Waals surface area contributed by atoms with Crippen molar-refractivity contribution >= 4 is 0 Å². The first-order valence-electron chi connectivity index (χ1n) is 10.4. The van der Waals surface area contributed by atoms with E-state index < -0.39 is 0 Å². The van der Waals surface area contributed by atoms with E-state index in [1.165, 1.54) is 0 Å². The molecular formula is C20H34O6. The Kier molecular flexibility index (Phi) is 5.89. The summed E-state index contributed by atoms with van der Waals surface area (Å²) in [5.74, 6) is 0.785. The maximum absolute atomic E-state index is 9.52. The molecule has 3 aliphatic heterocycles. The number of hydrogen-bond acceptors (Lipinski definition) is 6. The van der Waals surface area contributed by atoms with Crippen molar-refractivity contribution in [1.82, 2.24) is 0 Å². The topological polar surface area (TPSA) is 69.7 Å². The third kappa shape index (κ3) is 4.26. The van der Waals surface area contributed by atoms with Crippen molar-refractivity contribution < 1.29 is 28.8 Å². The molecule has 1 spiro atoms. The zero-order chi connectivity index (χ0) is 18.1. The predicted octanol–water partition coefficient (Wildman–Crippen LogP) is 2.47. The van der Waals surface area contributed by atoms with Gasteiger partial charge in [0.25, 0.3) is 0 Å². The summed E-state index contributed by atoms with van der Waals surface area (Å²) in [5.41, 5.74) is -0.178. The Balaban J connectivity index is 1.23. The normalized spacial score (nSPS) is 45.1. The van der Waals surface area contributed by atoms with Crippen molar-refractivity contribution in [3.8, 4) is 0 Å². The first-order valence-corrected chi connectivity index (χ1v) is 10.4. The molecule has 5 unspecified atom stereocenters. The van der Waals surface area contributed by atoms with Gasteiger partial charge in [-0.05, 0) is 45.4 Å². The highest BCUT2D eigenvalue weighted by molar-refractivity contribution is 4.94. The second kappa shape index (κ2) is 8.02. The van der Waals surface area contributed by atoms with Crippen LogP contribution in [0.5, 0.6) is 0 Å². The van der Waals surface area contributed by atoms with Gasteiger partial charge in [-0.3, -0.25) is 0 Å². The molecule has 26 heavy (non-hydrogen) atoms. The molecule has 3 heterocycles. The SMILES string of the molecule is CCC(CCC(C)O)C1OCC2(CO1)COC(C1CCC3OC3C1)OC2. The third-order valence-corrected chi connectivity index (χ3v) is 6.51. The molecule has 0 bridgehead atoms. The van der Waals surface area contributed by atoms with Crippen LogP contribution < -0.4 is 0 Å². The number of aliphatic hydroxyl groups excluding tert-OH is 1. The van der Waals surface area contributed by atoms with Crippen molar-refractivity contribution in [2.75, 3.05) is 26.4 Å². The Labute approximate surface area is 156 Å². The molecule has 0 radical (unpaired) electrons. The molecule has 1 N–H and O–H groups in total. The molecular weight excluding hydrogens is 336 g/mol. The van der Waals surface area contributed by atoms with Crippen LogP contribution in [0.4, 0.5) is 0 Å². The van der Waals surface area contributed by atoms with Gasteiger partial charge in [0.15, 0.2) is 12.6 Å². The van der Waals surface area contributed by atoms with E-state index in [1.54, 1.807) is 0 Å². The molecule has 0 aromatic carbocycles. The number of fused-ring (bicyclic) bond motifs is 1. The van der Waals surface area contributed by atoms with Gasteiger partial charge in [0.1, 0.15) is 0 Å². The maximum atomic E-state index is 9.52. The van der Waals surface area contributed by atoms with Crippen LogP contribution >= 0.6 is 0 Å². The van der Waals surface area contributed by atoms with Gasteiger partial charge in [0.2, 0.25) is 0 Å². The molecule has 0 amide bonds. The predicted molar refractivity (Wildman–Crippen MR) is 94.5 cm³/mol. The molecule has 1 aliphatic carbocycles. The van der Waals surface area contributed by atoms with Gasteiger partial charge < -0.3 is 28.8 Å². The van der Waals surface area contributed by atoms with Gasteiger partial charge in [-0.15, -0.1) is 0 Å². The summed E-state index contributed by atoms with van der Waals surface area (Å²) in [6.45, 7) is 6.50. The highest BCUT2D eigenvalue weighted by atomic mass is 16.7. The summed E-state index contributed by atoms with van der Waals surface area (Å²) in [5, 5.41) is 9.52. The number of aliphatic hydroxyl groups is 1. The molecule has 1 saturated carbocycles. The lowest BCUT2D eigenvalue weighted by molar-refractivity contribution is -0.320. The van der Waals surface area contributed by atoms with Crippen LogP contribution in [0.15, 0.2) is 0 Å². The standard InChI is InChI=1S/C20H34O6/c1-3-14(5-4-13(2)21)18-22-9-20(10-23-18)11-24-19(25-12-20)15-6-7-16-17(8-15)26-16/h13-19,21H,3-12H2,1-2H3. The summed E-state index contributed by atoms with van der Waals surface area (Å²) in [4.78, 5) is 0. The van der Waals surface area contributed by atoms with Crippen LogP contribution in [-0.2, 0) is 23.7 Å². The fourth-order valence-electron chi connectivity index (χ4n) is 4.60. The summed E-state index contributed by atoms with van der Waals surface area (Å²) < 4.78 is 30.0. The highest BCUT2D eigenvalue weighted by Gasteiger charge is 2.49. The van der Waals surface area contributed by atoms with E-state index >= 15 is 0 Å². The monoisotopic (exact) mass is 370 g/mol. The summed E-state index contributed by atoms with van der Waals surface area (Å²) in [6.07, 6.45) is 6.46. The van der Waals surface area contributed by atoms with Gasteiger partial charge in [0.05, 0.1) is 50.2 Å². The second-order valence-electron chi connectivity index (χ2n) is 8.86. The Morgan fingerprint density at radius 1 is 0.962 bits per heavy atom. The van der Waals surface area contributed by atoms with Crippen molar-refractivity contribution in [2.45, 2.75) is 83.3 Å². The number of rotatable bonds is 6. The lowest BCUT2D eigenvalue weighted by atomic mass is 9.86. The molecule has 6 heteroatoms. The average molecular weight is 370 g/mol. The zero-order valence-corrected chi connectivity index (χ0v) is 16.1. The first-order chi connectivity index (χ1) is 12.6. The Hall–Kier alpha value is -0.240. The van der Waals surface area contributed by atoms with E-state index in [1.807, 2.05) is 6.92 Å². The van der Waals surface area contributed by atoms with Gasteiger partial charge in [0, 0.05) is 11.8 Å². The zero-order valence-electron chi connectivity index (χ0n) is 16.1. The van der Waals surface area contributed by atoms with E-state index in [0.29, 0.717) is 50.5 Å². The molecule has 3 saturated heterocycles. The number of ether oxygens (including phenoxy) is 5. The van der Waals surface area contributed by atoms with Gasteiger partial charge >= 0.3 is 0 Å². The average Bonchev–Trinajstić information content (AvgIpc) is 3.43. The largest absolute Gasteiger partial charge is 0.393 e. The number of hydrogen-bond donors (Lipinski definition) is 1. The summed E-state index contributed by atoms with van der Waals surface area (Å²) in [7, 11) is 0. The molecule has 0 aromatic rings.